The summed E-state index contributed by atoms with van der Waals surface area (Å²) >= 11 is 1.34. The van der Waals surface area contributed by atoms with Crippen molar-refractivity contribution in [1.29, 1.82) is 0 Å². The van der Waals surface area contributed by atoms with Crippen LogP contribution in [0, 0.1) is 5.82 Å². The largest absolute Gasteiger partial charge is 0.490 e. The van der Waals surface area contributed by atoms with Crippen molar-refractivity contribution >= 4 is 40.1 Å². The minimum absolute atomic E-state index is 0.119. The zero-order valence-corrected chi connectivity index (χ0v) is 18.4. The molecule has 2 aromatic carbocycles. The smallest absolute Gasteiger partial charge is 0.282 e. The number of hydrogen-bond donors (Lipinski definition) is 1. The predicted octanol–water partition coefficient (Wildman–Crippen LogP) is 5.08. The van der Waals surface area contributed by atoms with E-state index in [4.69, 9.17) is 9.47 Å². The lowest BCUT2D eigenvalue weighted by Crippen LogP contribution is -2.32. The van der Waals surface area contributed by atoms with Crippen LogP contribution in [-0.4, -0.2) is 25.0 Å². The van der Waals surface area contributed by atoms with Gasteiger partial charge in [-0.3, -0.25) is 9.59 Å². The summed E-state index contributed by atoms with van der Waals surface area (Å²) in [6.45, 7) is 4.67. The molecule has 0 saturated carbocycles. The highest BCUT2D eigenvalue weighted by atomic mass is 32.1. The van der Waals surface area contributed by atoms with E-state index < -0.39 is 17.6 Å². The van der Waals surface area contributed by atoms with E-state index in [1.165, 1.54) is 29.5 Å². The summed E-state index contributed by atoms with van der Waals surface area (Å²) in [5.74, 6) is -0.494. The molecular weight excluding hydrogens is 431 g/mol. The number of ether oxygens (including phenoxy) is 2. The fourth-order valence-corrected chi connectivity index (χ4v) is 4.19. The first-order valence-corrected chi connectivity index (χ1v) is 11.0. The summed E-state index contributed by atoms with van der Waals surface area (Å²) in [6, 6.07) is 14.2. The van der Waals surface area contributed by atoms with E-state index in [0.29, 0.717) is 35.3 Å². The highest BCUT2D eigenvalue weighted by Gasteiger charge is 2.40. The Bertz CT molecular complexity index is 1190. The molecule has 0 radical (unpaired) electrons. The van der Waals surface area contributed by atoms with Gasteiger partial charge in [0.15, 0.2) is 11.5 Å². The third kappa shape index (κ3) is 4.09. The highest BCUT2D eigenvalue weighted by Crippen LogP contribution is 2.37. The van der Waals surface area contributed by atoms with Crippen LogP contribution < -0.4 is 19.7 Å². The monoisotopic (exact) mass is 452 g/mol. The zero-order chi connectivity index (χ0) is 22.7. The summed E-state index contributed by atoms with van der Waals surface area (Å²) in [7, 11) is 0. The van der Waals surface area contributed by atoms with Crippen molar-refractivity contribution in [2.75, 3.05) is 23.4 Å². The van der Waals surface area contributed by atoms with E-state index in [1.54, 1.807) is 30.3 Å². The molecule has 8 heteroatoms. The van der Waals surface area contributed by atoms with Gasteiger partial charge in [-0.15, -0.1) is 11.3 Å². The van der Waals surface area contributed by atoms with Gasteiger partial charge in [-0.05, 0) is 55.6 Å². The van der Waals surface area contributed by atoms with E-state index in [-0.39, 0.29) is 17.0 Å². The second kappa shape index (κ2) is 9.23. The van der Waals surface area contributed by atoms with Gasteiger partial charge in [0.25, 0.3) is 11.8 Å². The molecule has 2 heterocycles. The molecule has 6 nitrogen and oxygen atoms in total. The van der Waals surface area contributed by atoms with Crippen molar-refractivity contribution in [2.24, 2.45) is 0 Å². The van der Waals surface area contributed by atoms with Crippen LogP contribution in [0.15, 0.2) is 65.7 Å². The molecule has 0 saturated heterocycles. The molecule has 4 rings (SSSR count). The van der Waals surface area contributed by atoms with Gasteiger partial charge in [0.1, 0.15) is 11.5 Å². The van der Waals surface area contributed by atoms with Gasteiger partial charge < -0.3 is 14.8 Å². The first kappa shape index (κ1) is 21.6. The third-order valence-electron chi connectivity index (χ3n) is 4.73. The number of nitrogens with one attached hydrogen (secondary N) is 1. The number of imide groups is 1. The van der Waals surface area contributed by atoms with E-state index in [2.05, 4.69) is 5.32 Å². The average molecular weight is 453 g/mol. The predicted molar refractivity (Wildman–Crippen MR) is 123 cm³/mol. The normalized spacial score (nSPS) is 13.7. The number of anilines is 2. The molecule has 2 amide bonds. The Morgan fingerprint density at radius 2 is 1.72 bits per heavy atom. The van der Waals surface area contributed by atoms with Crippen LogP contribution in [0.25, 0.3) is 5.57 Å². The zero-order valence-electron chi connectivity index (χ0n) is 17.6. The molecule has 0 bridgehead atoms. The maximum absolute atomic E-state index is 13.8. The second-order valence-electron chi connectivity index (χ2n) is 6.81. The number of rotatable bonds is 8. The molecular formula is C24H21FN2O4S. The average Bonchev–Trinajstić information content (AvgIpc) is 3.37. The van der Waals surface area contributed by atoms with Gasteiger partial charge in [-0.1, -0.05) is 12.1 Å². The lowest BCUT2D eigenvalue weighted by atomic mass is 10.1. The fraction of sp³-hybridized carbons (Fsp3) is 0.167. The molecule has 32 heavy (non-hydrogen) atoms. The number of carbonyl (C=O) groups excluding carboxylic acids is 2. The van der Waals surface area contributed by atoms with Crippen LogP contribution in [-0.2, 0) is 9.59 Å². The second-order valence-corrected chi connectivity index (χ2v) is 7.75. The summed E-state index contributed by atoms with van der Waals surface area (Å²) < 4.78 is 25.1. The van der Waals surface area contributed by atoms with E-state index in [9.17, 15) is 14.0 Å². The van der Waals surface area contributed by atoms with E-state index >= 15 is 0 Å². The Balaban J connectivity index is 1.75. The Morgan fingerprint density at radius 1 is 0.938 bits per heavy atom. The standard InChI is InChI=1S/C24H21FN2O4S/c1-3-30-18-11-10-16(14-19(18)31-4-2)26-22-21(20-9-6-12-32-20)23(28)27(24(22)29)17-8-5-7-15(25)13-17/h5-14,26H,3-4H2,1-2H3. The van der Waals surface area contributed by atoms with Crippen LogP contribution in [0.5, 0.6) is 11.5 Å². The fourth-order valence-electron chi connectivity index (χ4n) is 3.42. The van der Waals surface area contributed by atoms with Crippen molar-refractivity contribution in [3.63, 3.8) is 0 Å². The Morgan fingerprint density at radius 3 is 2.41 bits per heavy atom. The highest BCUT2D eigenvalue weighted by molar-refractivity contribution is 7.11. The van der Waals surface area contributed by atoms with Gasteiger partial charge >= 0.3 is 0 Å². The van der Waals surface area contributed by atoms with Crippen molar-refractivity contribution in [3.05, 3.63) is 76.4 Å². The van der Waals surface area contributed by atoms with Crippen LogP contribution >= 0.6 is 11.3 Å². The minimum atomic E-state index is -0.559. The molecule has 0 unspecified atom stereocenters. The molecule has 1 aliphatic rings. The SMILES string of the molecule is CCOc1ccc(NC2=C(c3cccs3)C(=O)N(c3cccc(F)c3)C2=O)cc1OCC. The van der Waals surface area contributed by atoms with Crippen LogP contribution in [0.1, 0.15) is 18.7 Å². The quantitative estimate of drug-likeness (QED) is 0.483. The van der Waals surface area contributed by atoms with Crippen molar-refractivity contribution in [3.8, 4) is 11.5 Å². The topological polar surface area (TPSA) is 67.9 Å². The number of carbonyl (C=O) groups is 2. The summed E-state index contributed by atoms with van der Waals surface area (Å²) in [5.41, 5.74) is 1.09. The van der Waals surface area contributed by atoms with Gasteiger partial charge in [0, 0.05) is 16.6 Å². The molecule has 3 aromatic rings. The summed E-state index contributed by atoms with van der Waals surface area (Å²) in [4.78, 5) is 28.2. The number of hydrogen-bond acceptors (Lipinski definition) is 6. The van der Waals surface area contributed by atoms with Gasteiger partial charge in [0.2, 0.25) is 0 Å². The Kier molecular flexibility index (Phi) is 6.23. The maximum Gasteiger partial charge on any atom is 0.282 e. The first-order chi connectivity index (χ1) is 15.5. The third-order valence-corrected chi connectivity index (χ3v) is 5.62. The summed E-state index contributed by atoms with van der Waals surface area (Å²) in [5, 5.41) is 4.91. The van der Waals surface area contributed by atoms with Crippen LogP contribution in [0.2, 0.25) is 0 Å². The maximum atomic E-state index is 13.8. The molecule has 164 valence electrons. The van der Waals surface area contributed by atoms with E-state index in [0.717, 1.165) is 11.0 Å². The number of amides is 2. The van der Waals surface area contributed by atoms with E-state index in [1.807, 2.05) is 19.2 Å². The molecule has 1 aliphatic heterocycles. The Hall–Kier alpha value is -3.65. The van der Waals surface area contributed by atoms with Crippen molar-refractivity contribution < 1.29 is 23.5 Å². The number of halogens is 1. The Labute approximate surface area is 188 Å². The minimum Gasteiger partial charge on any atom is -0.490 e. The van der Waals surface area contributed by atoms with Gasteiger partial charge in [0.05, 0.1) is 24.5 Å². The lowest BCUT2D eigenvalue weighted by molar-refractivity contribution is -0.120. The molecule has 1 N–H and O–H groups in total. The van der Waals surface area contributed by atoms with Crippen LogP contribution in [0.3, 0.4) is 0 Å². The van der Waals surface area contributed by atoms with Gasteiger partial charge in [-0.25, -0.2) is 9.29 Å². The molecule has 0 fully saturated rings. The number of thiophene rings is 1. The number of nitrogens with zero attached hydrogens (tertiary/aromatic N) is 1. The molecule has 0 aliphatic carbocycles. The van der Waals surface area contributed by atoms with Crippen LogP contribution in [0.4, 0.5) is 15.8 Å². The van der Waals surface area contributed by atoms with Crippen molar-refractivity contribution in [2.45, 2.75) is 13.8 Å². The molecule has 0 spiro atoms. The molecule has 1 aromatic heterocycles. The molecule has 0 atom stereocenters. The van der Waals surface area contributed by atoms with Gasteiger partial charge in [-0.2, -0.15) is 0 Å². The lowest BCUT2D eigenvalue weighted by Gasteiger charge is -2.16. The summed E-state index contributed by atoms with van der Waals surface area (Å²) in [6.07, 6.45) is 0. The van der Waals surface area contributed by atoms with Crippen molar-refractivity contribution in [1.82, 2.24) is 0 Å². The number of benzene rings is 2. The first-order valence-electron chi connectivity index (χ1n) is 10.1.